The third-order valence-corrected chi connectivity index (χ3v) is 4.35. The van der Waals surface area contributed by atoms with E-state index in [1.807, 2.05) is 6.07 Å². The molecule has 0 aliphatic heterocycles. The van der Waals surface area contributed by atoms with Gasteiger partial charge in [0.15, 0.2) is 9.84 Å². The minimum absolute atomic E-state index is 0.191. The van der Waals surface area contributed by atoms with E-state index >= 15 is 0 Å². The maximum absolute atomic E-state index is 11.9. The number of hydrogen-bond acceptors (Lipinski definition) is 2. The largest absolute Gasteiger partial charge is 0.223 e. The molecule has 3 heteroatoms. The van der Waals surface area contributed by atoms with Gasteiger partial charge in [0.1, 0.15) is 0 Å². The smallest absolute Gasteiger partial charge is 0.182 e. The van der Waals surface area contributed by atoms with Crippen molar-refractivity contribution in [1.82, 2.24) is 0 Å². The van der Waals surface area contributed by atoms with E-state index in [4.69, 9.17) is 0 Å². The van der Waals surface area contributed by atoms with Crippen LogP contribution in [-0.4, -0.2) is 14.2 Å². The molecule has 0 aromatic heterocycles. The number of sulfone groups is 1. The SMILES string of the molecule is O=S(=O)(CC1=CCCC1)c1ccccc1. The summed E-state index contributed by atoms with van der Waals surface area (Å²) in [5, 5.41) is 0. The molecule has 0 bridgehead atoms. The molecule has 2 rings (SSSR count). The fourth-order valence-corrected chi connectivity index (χ4v) is 3.31. The van der Waals surface area contributed by atoms with Crippen LogP contribution in [-0.2, 0) is 9.84 Å². The summed E-state index contributed by atoms with van der Waals surface area (Å²) >= 11 is 0. The third-order valence-electron chi connectivity index (χ3n) is 2.61. The Morgan fingerprint density at radius 2 is 1.87 bits per heavy atom. The standard InChI is InChI=1S/C12H14O2S/c13-15(14,10-11-6-4-5-7-11)12-8-2-1-3-9-12/h1-3,6,8-9H,4-5,7,10H2. The average Bonchev–Trinajstić information content (AvgIpc) is 2.71. The second-order valence-electron chi connectivity index (χ2n) is 3.83. The van der Waals surface area contributed by atoms with Crippen molar-refractivity contribution >= 4 is 9.84 Å². The lowest BCUT2D eigenvalue weighted by molar-refractivity contribution is 0.597. The van der Waals surface area contributed by atoms with Crippen LogP contribution in [0.15, 0.2) is 46.9 Å². The maximum atomic E-state index is 11.9. The lowest BCUT2D eigenvalue weighted by Crippen LogP contribution is -2.07. The first-order valence-electron chi connectivity index (χ1n) is 5.14. The van der Waals surface area contributed by atoms with E-state index < -0.39 is 9.84 Å². The first-order chi connectivity index (χ1) is 7.18. The Morgan fingerprint density at radius 1 is 1.13 bits per heavy atom. The molecular weight excluding hydrogens is 208 g/mol. The van der Waals surface area contributed by atoms with E-state index in [1.54, 1.807) is 24.3 Å². The van der Waals surface area contributed by atoms with Gasteiger partial charge in [-0.05, 0) is 31.4 Å². The molecule has 15 heavy (non-hydrogen) atoms. The molecule has 0 heterocycles. The molecule has 0 amide bonds. The first-order valence-corrected chi connectivity index (χ1v) is 6.79. The van der Waals surface area contributed by atoms with Gasteiger partial charge in [0, 0.05) is 0 Å². The zero-order valence-electron chi connectivity index (χ0n) is 8.52. The molecule has 0 spiro atoms. The van der Waals surface area contributed by atoms with E-state index in [0.29, 0.717) is 4.90 Å². The third kappa shape index (κ3) is 2.48. The summed E-state index contributed by atoms with van der Waals surface area (Å²) < 4.78 is 23.9. The highest BCUT2D eigenvalue weighted by Gasteiger charge is 2.17. The van der Waals surface area contributed by atoms with Crippen molar-refractivity contribution in [3.63, 3.8) is 0 Å². The van der Waals surface area contributed by atoms with Gasteiger partial charge < -0.3 is 0 Å². The van der Waals surface area contributed by atoms with Crippen LogP contribution >= 0.6 is 0 Å². The Bertz CT molecular complexity index is 458. The van der Waals surface area contributed by atoms with Gasteiger partial charge in [-0.25, -0.2) is 8.42 Å². The number of allylic oxidation sites excluding steroid dienone is 1. The van der Waals surface area contributed by atoms with Crippen LogP contribution in [0.4, 0.5) is 0 Å². The van der Waals surface area contributed by atoms with Gasteiger partial charge in [-0.1, -0.05) is 29.8 Å². The lowest BCUT2D eigenvalue weighted by atomic mass is 10.3. The first kappa shape index (κ1) is 10.4. The molecule has 0 atom stereocenters. The highest BCUT2D eigenvalue weighted by atomic mass is 32.2. The molecule has 1 aliphatic rings. The molecule has 2 nitrogen and oxygen atoms in total. The van der Waals surface area contributed by atoms with Crippen LogP contribution in [0, 0.1) is 0 Å². The highest BCUT2D eigenvalue weighted by Crippen LogP contribution is 2.22. The number of benzene rings is 1. The minimum atomic E-state index is -3.11. The zero-order valence-corrected chi connectivity index (χ0v) is 9.33. The molecule has 1 aliphatic carbocycles. The second kappa shape index (κ2) is 4.19. The van der Waals surface area contributed by atoms with Crippen molar-refractivity contribution < 1.29 is 8.42 Å². The van der Waals surface area contributed by atoms with E-state index in [9.17, 15) is 8.42 Å². The number of rotatable bonds is 3. The van der Waals surface area contributed by atoms with Crippen molar-refractivity contribution in [3.8, 4) is 0 Å². The summed E-state index contributed by atoms with van der Waals surface area (Å²) in [5.74, 6) is 0.191. The Labute approximate surface area is 90.6 Å². The van der Waals surface area contributed by atoms with Gasteiger partial charge in [-0.15, -0.1) is 0 Å². The Morgan fingerprint density at radius 3 is 2.47 bits per heavy atom. The van der Waals surface area contributed by atoms with E-state index in [0.717, 1.165) is 24.8 Å². The summed E-state index contributed by atoms with van der Waals surface area (Å²) in [4.78, 5) is 0.429. The average molecular weight is 222 g/mol. The van der Waals surface area contributed by atoms with Gasteiger partial charge in [0.05, 0.1) is 10.6 Å². The van der Waals surface area contributed by atoms with Crippen molar-refractivity contribution in [2.24, 2.45) is 0 Å². The Kier molecular flexibility index (Phi) is 2.91. The van der Waals surface area contributed by atoms with Gasteiger partial charge in [-0.2, -0.15) is 0 Å². The summed E-state index contributed by atoms with van der Waals surface area (Å²) in [7, 11) is -3.11. The monoisotopic (exact) mass is 222 g/mol. The van der Waals surface area contributed by atoms with Crippen molar-refractivity contribution in [2.75, 3.05) is 5.75 Å². The van der Waals surface area contributed by atoms with Crippen LogP contribution in [0.5, 0.6) is 0 Å². The summed E-state index contributed by atoms with van der Waals surface area (Å²) in [6.45, 7) is 0. The van der Waals surface area contributed by atoms with Crippen LogP contribution in [0.3, 0.4) is 0 Å². The highest BCUT2D eigenvalue weighted by molar-refractivity contribution is 7.91. The number of hydrogen-bond donors (Lipinski definition) is 0. The van der Waals surface area contributed by atoms with Crippen molar-refractivity contribution in [1.29, 1.82) is 0 Å². The molecule has 0 N–H and O–H groups in total. The van der Waals surface area contributed by atoms with Crippen LogP contribution in [0.1, 0.15) is 19.3 Å². The second-order valence-corrected chi connectivity index (χ2v) is 5.82. The predicted molar refractivity (Wildman–Crippen MR) is 60.4 cm³/mol. The van der Waals surface area contributed by atoms with Crippen LogP contribution in [0.2, 0.25) is 0 Å². The molecule has 1 aromatic rings. The molecule has 0 unspecified atom stereocenters. The topological polar surface area (TPSA) is 34.1 Å². The van der Waals surface area contributed by atoms with Crippen molar-refractivity contribution in [3.05, 3.63) is 42.0 Å². The summed E-state index contributed by atoms with van der Waals surface area (Å²) in [6.07, 6.45) is 5.12. The predicted octanol–water partition coefficient (Wildman–Crippen LogP) is 2.57. The molecule has 0 saturated carbocycles. The van der Waals surface area contributed by atoms with E-state index in [1.165, 1.54) is 0 Å². The molecule has 1 aromatic carbocycles. The molecule has 0 saturated heterocycles. The van der Waals surface area contributed by atoms with Gasteiger partial charge in [0.2, 0.25) is 0 Å². The molecule has 0 fully saturated rings. The van der Waals surface area contributed by atoms with E-state index in [-0.39, 0.29) is 5.75 Å². The lowest BCUT2D eigenvalue weighted by Gasteiger charge is -2.04. The zero-order chi connectivity index (χ0) is 10.7. The Hall–Kier alpha value is -1.09. The normalized spacial score (nSPS) is 16.4. The van der Waals surface area contributed by atoms with Gasteiger partial charge in [-0.3, -0.25) is 0 Å². The van der Waals surface area contributed by atoms with Crippen molar-refractivity contribution in [2.45, 2.75) is 24.2 Å². The fraction of sp³-hybridized carbons (Fsp3) is 0.333. The van der Waals surface area contributed by atoms with Gasteiger partial charge in [0.25, 0.3) is 0 Å². The molecular formula is C12H14O2S. The Balaban J connectivity index is 2.21. The summed E-state index contributed by atoms with van der Waals surface area (Å²) in [5.41, 5.74) is 1.07. The molecule has 80 valence electrons. The summed E-state index contributed by atoms with van der Waals surface area (Å²) in [6, 6.07) is 8.66. The molecule has 0 radical (unpaired) electrons. The maximum Gasteiger partial charge on any atom is 0.182 e. The van der Waals surface area contributed by atoms with Crippen LogP contribution in [0.25, 0.3) is 0 Å². The fourth-order valence-electron chi connectivity index (χ4n) is 1.82. The minimum Gasteiger partial charge on any atom is -0.223 e. The van der Waals surface area contributed by atoms with Gasteiger partial charge >= 0.3 is 0 Å². The quantitative estimate of drug-likeness (QED) is 0.737. The van der Waals surface area contributed by atoms with Crippen LogP contribution < -0.4 is 0 Å². The van der Waals surface area contributed by atoms with E-state index in [2.05, 4.69) is 6.08 Å².